The first-order chi connectivity index (χ1) is 8.34. The topological polar surface area (TPSA) is 12.0 Å². The Morgan fingerprint density at radius 3 is 2.47 bits per heavy atom. The Hall–Kier alpha value is 0.250. The fraction of sp³-hybridized carbons (Fsp3) is 1.00. The molecule has 2 heteroatoms. The molecule has 0 heterocycles. The zero-order valence-electron chi connectivity index (χ0n) is 11.5. The van der Waals surface area contributed by atoms with Crippen molar-refractivity contribution >= 4 is 11.6 Å². The van der Waals surface area contributed by atoms with Gasteiger partial charge < -0.3 is 5.32 Å². The highest BCUT2D eigenvalue weighted by Crippen LogP contribution is 2.27. The molecule has 0 spiro atoms. The Morgan fingerprint density at radius 2 is 1.71 bits per heavy atom. The first-order valence-electron chi connectivity index (χ1n) is 7.69. The van der Waals surface area contributed by atoms with Crippen LogP contribution in [0.2, 0.25) is 0 Å². The van der Waals surface area contributed by atoms with Crippen LogP contribution in [0.5, 0.6) is 0 Å². The summed E-state index contributed by atoms with van der Waals surface area (Å²) in [5, 5.41) is 4.02. The Bertz CT molecular complexity index is 172. The molecule has 2 unspecified atom stereocenters. The first-order valence-corrected chi connectivity index (χ1v) is 8.13. The minimum Gasteiger partial charge on any atom is -0.316 e. The summed E-state index contributed by atoms with van der Waals surface area (Å²) in [6.45, 7) is 4.60. The predicted molar refractivity (Wildman–Crippen MR) is 77.8 cm³/mol. The van der Waals surface area contributed by atoms with E-state index in [4.69, 9.17) is 11.6 Å². The average molecular weight is 260 g/mol. The van der Waals surface area contributed by atoms with Crippen molar-refractivity contribution < 1.29 is 0 Å². The number of rotatable bonds is 9. The molecule has 0 aliphatic heterocycles. The highest BCUT2D eigenvalue weighted by atomic mass is 35.5. The van der Waals surface area contributed by atoms with Crippen LogP contribution < -0.4 is 5.32 Å². The molecule has 0 aromatic heterocycles. The van der Waals surface area contributed by atoms with E-state index in [0.717, 1.165) is 12.5 Å². The maximum Gasteiger partial charge on any atom is 0.0376 e. The molecule has 0 saturated heterocycles. The zero-order chi connectivity index (χ0) is 12.3. The van der Waals surface area contributed by atoms with Crippen LogP contribution in [-0.2, 0) is 0 Å². The highest BCUT2D eigenvalue weighted by Gasteiger charge is 2.22. The van der Waals surface area contributed by atoms with E-state index in [1.54, 1.807) is 0 Å². The zero-order valence-corrected chi connectivity index (χ0v) is 12.3. The van der Waals surface area contributed by atoms with Gasteiger partial charge in [-0.05, 0) is 38.3 Å². The molecule has 0 aromatic rings. The van der Waals surface area contributed by atoms with Gasteiger partial charge in [-0.2, -0.15) is 0 Å². The number of halogens is 1. The molecule has 1 aliphatic rings. The Kier molecular flexibility index (Phi) is 9.18. The van der Waals surface area contributed by atoms with Crippen molar-refractivity contribution in [3.63, 3.8) is 0 Å². The van der Waals surface area contributed by atoms with Crippen LogP contribution in [0.1, 0.15) is 71.1 Å². The van der Waals surface area contributed by atoms with Gasteiger partial charge in [0.15, 0.2) is 0 Å². The van der Waals surface area contributed by atoms with E-state index in [0.29, 0.717) is 5.38 Å². The Morgan fingerprint density at radius 1 is 1.00 bits per heavy atom. The van der Waals surface area contributed by atoms with E-state index < -0.39 is 0 Å². The molecule has 1 nitrogen and oxygen atoms in total. The summed E-state index contributed by atoms with van der Waals surface area (Å²) < 4.78 is 0. The number of unbranched alkanes of at least 4 members (excludes halogenated alkanes) is 5. The molecule has 0 aromatic carbocycles. The summed E-state index contributed by atoms with van der Waals surface area (Å²) in [5.74, 6) is 0.727. The molecule has 102 valence electrons. The quantitative estimate of drug-likeness (QED) is 0.466. The highest BCUT2D eigenvalue weighted by molar-refractivity contribution is 6.20. The van der Waals surface area contributed by atoms with Gasteiger partial charge in [0.1, 0.15) is 0 Å². The lowest BCUT2D eigenvalue weighted by molar-refractivity contribution is 0.348. The maximum absolute atomic E-state index is 6.34. The molecular formula is C15H30ClN. The third-order valence-corrected chi connectivity index (χ3v) is 4.50. The van der Waals surface area contributed by atoms with E-state index in [1.165, 1.54) is 70.8 Å². The second-order valence-corrected chi connectivity index (χ2v) is 6.09. The molecule has 1 rings (SSSR count). The van der Waals surface area contributed by atoms with Crippen LogP contribution in [0, 0.1) is 5.92 Å². The second-order valence-electron chi connectivity index (χ2n) is 5.53. The van der Waals surface area contributed by atoms with Crippen molar-refractivity contribution in [3.8, 4) is 0 Å². The monoisotopic (exact) mass is 259 g/mol. The summed E-state index contributed by atoms with van der Waals surface area (Å²) in [6.07, 6.45) is 13.6. The van der Waals surface area contributed by atoms with Crippen LogP contribution in [-0.4, -0.2) is 18.5 Å². The normalized spacial score (nSPS) is 25.1. The maximum atomic E-state index is 6.34. The lowest BCUT2D eigenvalue weighted by Gasteiger charge is -2.27. The smallest absolute Gasteiger partial charge is 0.0376 e. The van der Waals surface area contributed by atoms with Crippen molar-refractivity contribution in [2.45, 2.75) is 76.5 Å². The summed E-state index contributed by atoms with van der Waals surface area (Å²) >= 11 is 6.34. The summed E-state index contributed by atoms with van der Waals surface area (Å²) in [4.78, 5) is 0. The Balaban J connectivity index is 1.86. The van der Waals surface area contributed by atoms with Gasteiger partial charge in [0, 0.05) is 5.38 Å². The van der Waals surface area contributed by atoms with Crippen molar-refractivity contribution in [3.05, 3.63) is 0 Å². The largest absolute Gasteiger partial charge is 0.316 e. The minimum atomic E-state index is 0.431. The van der Waals surface area contributed by atoms with E-state index in [-0.39, 0.29) is 0 Å². The van der Waals surface area contributed by atoms with Crippen molar-refractivity contribution in [1.29, 1.82) is 0 Å². The van der Waals surface area contributed by atoms with E-state index in [1.807, 2.05) is 0 Å². The molecule has 1 N–H and O–H groups in total. The fourth-order valence-corrected chi connectivity index (χ4v) is 3.08. The standard InChI is InChI=1S/C15H30ClN/c1-2-3-4-5-6-9-12-17-13-14-10-7-8-11-15(14)16/h14-15,17H,2-13H2,1H3. The van der Waals surface area contributed by atoms with E-state index in [9.17, 15) is 0 Å². The van der Waals surface area contributed by atoms with Gasteiger partial charge in [-0.3, -0.25) is 0 Å². The Labute approximate surface area is 113 Å². The first kappa shape index (κ1) is 15.3. The van der Waals surface area contributed by atoms with Gasteiger partial charge in [-0.1, -0.05) is 51.9 Å². The third kappa shape index (κ3) is 7.31. The van der Waals surface area contributed by atoms with Crippen LogP contribution in [0.3, 0.4) is 0 Å². The SMILES string of the molecule is CCCCCCCCNCC1CCCCC1Cl. The molecule has 1 aliphatic carbocycles. The number of nitrogens with one attached hydrogen (secondary N) is 1. The third-order valence-electron chi connectivity index (χ3n) is 3.93. The van der Waals surface area contributed by atoms with Gasteiger partial charge in [0.25, 0.3) is 0 Å². The average Bonchev–Trinajstić information content (AvgIpc) is 2.35. The van der Waals surface area contributed by atoms with Crippen molar-refractivity contribution in [1.82, 2.24) is 5.32 Å². The molecule has 1 fully saturated rings. The lowest BCUT2D eigenvalue weighted by atomic mass is 9.89. The van der Waals surface area contributed by atoms with Crippen molar-refractivity contribution in [2.75, 3.05) is 13.1 Å². The predicted octanol–water partition coefficient (Wildman–Crippen LogP) is 4.73. The van der Waals surface area contributed by atoms with Crippen LogP contribution >= 0.6 is 11.6 Å². The molecule has 0 amide bonds. The van der Waals surface area contributed by atoms with Crippen molar-refractivity contribution in [2.24, 2.45) is 5.92 Å². The van der Waals surface area contributed by atoms with Crippen LogP contribution in [0.4, 0.5) is 0 Å². The second kappa shape index (κ2) is 10.2. The number of alkyl halides is 1. The molecule has 2 atom stereocenters. The van der Waals surface area contributed by atoms with E-state index in [2.05, 4.69) is 12.2 Å². The summed E-state index contributed by atoms with van der Waals surface area (Å²) in [7, 11) is 0. The molecule has 17 heavy (non-hydrogen) atoms. The molecular weight excluding hydrogens is 230 g/mol. The molecule has 0 radical (unpaired) electrons. The molecule has 1 saturated carbocycles. The fourth-order valence-electron chi connectivity index (χ4n) is 2.71. The molecule has 0 bridgehead atoms. The van der Waals surface area contributed by atoms with Crippen LogP contribution in [0.15, 0.2) is 0 Å². The van der Waals surface area contributed by atoms with Gasteiger partial charge in [-0.25, -0.2) is 0 Å². The van der Waals surface area contributed by atoms with Gasteiger partial charge in [0.2, 0.25) is 0 Å². The van der Waals surface area contributed by atoms with Gasteiger partial charge in [0.05, 0.1) is 0 Å². The van der Waals surface area contributed by atoms with Gasteiger partial charge >= 0.3 is 0 Å². The minimum absolute atomic E-state index is 0.431. The number of hydrogen-bond acceptors (Lipinski definition) is 1. The summed E-state index contributed by atoms with van der Waals surface area (Å²) in [5.41, 5.74) is 0. The van der Waals surface area contributed by atoms with E-state index >= 15 is 0 Å². The summed E-state index contributed by atoms with van der Waals surface area (Å²) in [6, 6.07) is 0. The van der Waals surface area contributed by atoms with Crippen LogP contribution in [0.25, 0.3) is 0 Å². The van der Waals surface area contributed by atoms with Gasteiger partial charge in [-0.15, -0.1) is 11.6 Å². The lowest BCUT2D eigenvalue weighted by Crippen LogP contribution is -2.31. The number of hydrogen-bond donors (Lipinski definition) is 1.